The Morgan fingerprint density at radius 1 is 1.36 bits per heavy atom. The van der Waals surface area contributed by atoms with Crippen LogP contribution in [0.2, 0.25) is 4.47 Å². The molecule has 0 fully saturated rings. The molecule has 0 spiro atoms. The minimum Gasteiger partial charge on any atom is -0.204 e. The van der Waals surface area contributed by atoms with E-state index in [4.69, 9.17) is 11.6 Å². The van der Waals surface area contributed by atoms with Crippen molar-refractivity contribution in [2.24, 2.45) is 0 Å². The molecule has 0 atom stereocenters. The molecule has 0 aromatic carbocycles. The standard InChI is InChI=1S/C7H3ClF2N2S2/c8-7-11-6(12-14-7)4-2-1-3(13-4)5(9)10/h1-2,5H. The average Bonchev–Trinajstić information content (AvgIpc) is 2.70. The first-order chi connectivity index (χ1) is 6.66. The fraction of sp³-hybridized carbons (Fsp3) is 0.143. The molecule has 74 valence electrons. The van der Waals surface area contributed by atoms with Gasteiger partial charge < -0.3 is 0 Å². The van der Waals surface area contributed by atoms with Crippen LogP contribution in [0.1, 0.15) is 11.3 Å². The Hall–Kier alpha value is -0.590. The van der Waals surface area contributed by atoms with E-state index in [1.54, 1.807) is 6.07 Å². The Morgan fingerprint density at radius 2 is 2.14 bits per heavy atom. The third-order valence-electron chi connectivity index (χ3n) is 1.46. The molecule has 0 unspecified atom stereocenters. The molecule has 0 saturated carbocycles. The smallest absolute Gasteiger partial charge is 0.204 e. The third kappa shape index (κ3) is 1.92. The summed E-state index contributed by atoms with van der Waals surface area (Å²) in [4.78, 5) is 4.53. The van der Waals surface area contributed by atoms with Crippen LogP contribution in [-0.2, 0) is 0 Å². The van der Waals surface area contributed by atoms with E-state index < -0.39 is 6.43 Å². The van der Waals surface area contributed by atoms with Crippen molar-refractivity contribution in [1.82, 2.24) is 9.36 Å². The second-order valence-corrected chi connectivity index (χ2v) is 4.82. The Bertz CT molecular complexity index is 440. The average molecular weight is 253 g/mol. The van der Waals surface area contributed by atoms with E-state index in [-0.39, 0.29) is 4.88 Å². The predicted octanol–water partition coefficient (Wildman–Crippen LogP) is 3.86. The third-order valence-corrected chi connectivity index (χ3v) is 3.35. The SMILES string of the molecule is FC(F)c1ccc(-c2nsc(Cl)n2)s1. The van der Waals surface area contributed by atoms with Gasteiger partial charge in [-0.25, -0.2) is 13.8 Å². The largest absolute Gasteiger partial charge is 0.272 e. The van der Waals surface area contributed by atoms with Gasteiger partial charge in [-0.2, -0.15) is 4.37 Å². The summed E-state index contributed by atoms with van der Waals surface area (Å²) in [7, 11) is 0. The van der Waals surface area contributed by atoms with Crippen molar-refractivity contribution in [3.63, 3.8) is 0 Å². The molecule has 0 radical (unpaired) electrons. The molecule has 0 aliphatic heterocycles. The van der Waals surface area contributed by atoms with E-state index >= 15 is 0 Å². The van der Waals surface area contributed by atoms with Crippen LogP contribution in [0.15, 0.2) is 12.1 Å². The van der Waals surface area contributed by atoms with Crippen molar-refractivity contribution in [3.8, 4) is 10.7 Å². The lowest BCUT2D eigenvalue weighted by atomic mass is 10.4. The molecule has 14 heavy (non-hydrogen) atoms. The van der Waals surface area contributed by atoms with Crippen LogP contribution in [0.3, 0.4) is 0 Å². The summed E-state index contributed by atoms with van der Waals surface area (Å²) >= 11 is 7.60. The number of nitrogens with zero attached hydrogens (tertiary/aromatic N) is 2. The summed E-state index contributed by atoms with van der Waals surface area (Å²) < 4.78 is 28.7. The predicted molar refractivity (Wildman–Crippen MR) is 53.2 cm³/mol. The molecule has 0 bridgehead atoms. The van der Waals surface area contributed by atoms with Gasteiger partial charge in [-0.05, 0) is 35.3 Å². The maximum Gasteiger partial charge on any atom is 0.272 e. The number of hydrogen-bond acceptors (Lipinski definition) is 4. The van der Waals surface area contributed by atoms with Gasteiger partial charge in [-0.1, -0.05) is 0 Å². The van der Waals surface area contributed by atoms with Crippen molar-refractivity contribution < 1.29 is 8.78 Å². The molecule has 2 heterocycles. The van der Waals surface area contributed by atoms with E-state index in [1.165, 1.54) is 6.07 Å². The molecule has 0 saturated heterocycles. The van der Waals surface area contributed by atoms with E-state index in [2.05, 4.69) is 9.36 Å². The number of thiophene rings is 1. The number of aromatic nitrogens is 2. The van der Waals surface area contributed by atoms with Gasteiger partial charge >= 0.3 is 0 Å². The van der Waals surface area contributed by atoms with Gasteiger partial charge in [0.2, 0.25) is 4.47 Å². The van der Waals surface area contributed by atoms with Crippen LogP contribution in [0, 0.1) is 0 Å². The minimum atomic E-state index is -2.44. The summed E-state index contributed by atoms with van der Waals surface area (Å²) in [5.74, 6) is 0.414. The molecule has 0 aliphatic rings. The van der Waals surface area contributed by atoms with Crippen LogP contribution in [0.25, 0.3) is 10.7 Å². The maximum atomic E-state index is 12.2. The van der Waals surface area contributed by atoms with E-state index in [1.807, 2.05) is 0 Å². The molecule has 2 rings (SSSR count). The van der Waals surface area contributed by atoms with Crippen LogP contribution < -0.4 is 0 Å². The highest BCUT2D eigenvalue weighted by Gasteiger charge is 2.13. The summed E-state index contributed by atoms with van der Waals surface area (Å²) in [6, 6.07) is 2.95. The first-order valence-electron chi connectivity index (χ1n) is 3.54. The zero-order valence-electron chi connectivity index (χ0n) is 6.58. The van der Waals surface area contributed by atoms with Crippen molar-refractivity contribution >= 4 is 34.5 Å². The molecule has 0 aliphatic carbocycles. The number of halogens is 3. The minimum absolute atomic E-state index is 0.0194. The van der Waals surface area contributed by atoms with Crippen LogP contribution >= 0.6 is 34.5 Å². The summed E-state index contributed by atoms with van der Waals surface area (Å²) in [5, 5.41) is 0. The van der Waals surface area contributed by atoms with E-state index in [0.717, 1.165) is 22.9 Å². The lowest BCUT2D eigenvalue weighted by Crippen LogP contribution is -1.74. The Kier molecular flexibility index (Phi) is 2.76. The van der Waals surface area contributed by atoms with Crippen LogP contribution in [0.5, 0.6) is 0 Å². The summed E-state index contributed by atoms with van der Waals surface area (Å²) in [5.41, 5.74) is 0. The monoisotopic (exact) mass is 252 g/mol. The van der Waals surface area contributed by atoms with Gasteiger partial charge in [0.05, 0.1) is 9.75 Å². The summed E-state index contributed by atoms with van der Waals surface area (Å²) in [6.45, 7) is 0. The summed E-state index contributed by atoms with van der Waals surface area (Å²) in [6.07, 6.45) is -2.44. The van der Waals surface area contributed by atoms with Crippen molar-refractivity contribution in [3.05, 3.63) is 21.5 Å². The van der Waals surface area contributed by atoms with Gasteiger partial charge in [0.1, 0.15) is 0 Å². The first-order valence-corrected chi connectivity index (χ1v) is 5.51. The Balaban J connectivity index is 2.33. The Labute approximate surface area is 91.3 Å². The number of alkyl halides is 2. The maximum absolute atomic E-state index is 12.2. The number of hydrogen-bond donors (Lipinski definition) is 0. The highest BCUT2D eigenvalue weighted by molar-refractivity contribution is 7.16. The number of rotatable bonds is 2. The molecule has 2 nitrogen and oxygen atoms in total. The first kappa shape index (κ1) is 9.95. The van der Waals surface area contributed by atoms with Crippen molar-refractivity contribution in [2.45, 2.75) is 6.43 Å². The van der Waals surface area contributed by atoms with Crippen LogP contribution in [0.4, 0.5) is 8.78 Å². The molecule has 0 N–H and O–H groups in total. The molecular weight excluding hydrogens is 250 g/mol. The lowest BCUT2D eigenvalue weighted by molar-refractivity contribution is 0.155. The van der Waals surface area contributed by atoms with E-state index in [0.29, 0.717) is 15.2 Å². The fourth-order valence-electron chi connectivity index (χ4n) is 0.895. The molecule has 0 amide bonds. The second-order valence-electron chi connectivity index (χ2n) is 2.37. The Morgan fingerprint density at radius 3 is 2.64 bits per heavy atom. The second kappa shape index (κ2) is 3.88. The highest BCUT2D eigenvalue weighted by Crippen LogP contribution is 2.32. The zero-order valence-corrected chi connectivity index (χ0v) is 8.97. The normalized spacial score (nSPS) is 11.1. The molecular formula is C7H3ClF2N2S2. The topological polar surface area (TPSA) is 25.8 Å². The van der Waals surface area contributed by atoms with Gasteiger partial charge in [0.15, 0.2) is 5.82 Å². The molecule has 2 aromatic heterocycles. The molecule has 2 aromatic rings. The fourth-order valence-corrected chi connectivity index (χ4v) is 2.36. The quantitative estimate of drug-likeness (QED) is 0.811. The van der Waals surface area contributed by atoms with Gasteiger partial charge in [0.25, 0.3) is 6.43 Å². The van der Waals surface area contributed by atoms with Crippen molar-refractivity contribution in [2.75, 3.05) is 0 Å². The van der Waals surface area contributed by atoms with Gasteiger partial charge in [-0.3, -0.25) is 0 Å². The lowest BCUT2D eigenvalue weighted by Gasteiger charge is -1.89. The van der Waals surface area contributed by atoms with Crippen molar-refractivity contribution in [1.29, 1.82) is 0 Å². The highest BCUT2D eigenvalue weighted by atomic mass is 35.5. The van der Waals surface area contributed by atoms with E-state index in [9.17, 15) is 8.78 Å². The van der Waals surface area contributed by atoms with Gasteiger partial charge in [0, 0.05) is 0 Å². The molecule has 7 heteroatoms. The van der Waals surface area contributed by atoms with Crippen LogP contribution in [-0.4, -0.2) is 9.36 Å². The zero-order chi connectivity index (χ0) is 10.1. The van der Waals surface area contributed by atoms with Gasteiger partial charge in [-0.15, -0.1) is 11.3 Å².